The van der Waals surface area contributed by atoms with Crippen LogP contribution >= 0.6 is 0 Å². The topological polar surface area (TPSA) is 50.7 Å². The molecule has 0 saturated heterocycles. The Labute approximate surface area is 123 Å². The van der Waals surface area contributed by atoms with Crippen LogP contribution in [-0.2, 0) is 0 Å². The van der Waals surface area contributed by atoms with Crippen LogP contribution in [0.5, 0.6) is 0 Å². The summed E-state index contributed by atoms with van der Waals surface area (Å²) in [5.74, 6) is 1.35. The highest BCUT2D eigenvalue weighted by molar-refractivity contribution is 5.62. The van der Waals surface area contributed by atoms with E-state index in [4.69, 9.17) is 0 Å². The number of aromatic nitrogens is 3. The van der Waals surface area contributed by atoms with Crippen LogP contribution in [-0.4, -0.2) is 15.2 Å². The van der Waals surface area contributed by atoms with E-state index in [0.717, 1.165) is 22.8 Å². The third-order valence-electron chi connectivity index (χ3n) is 3.20. The van der Waals surface area contributed by atoms with Gasteiger partial charge in [-0.1, -0.05) is 48.0 Å². The maximum atomic E-state index is 4.58. The Morgan fingerprint density at radius 3 is 2.24 bits per heavy atom. The van der Waals surface area contributed by atoms with E-state index in [9.17, 15) is 0 Å². The summed E-state index contributed by atoms with van der Waals surface area (Å²) in [6, 6.07) is 18.0. The first kappa shape index (κ1) is 13.2. The van der Waals surface area contributed by atoms with Crippen LogP contribution in [0.3, 0.4) is 0 Å². The van der Waals surface area contributed by atoms with Gasteiger partial charge in [-0.05, 0) is 26.0 Å². The third-order valence-corrected chi connectivity index (χ3v) is 3.20. The molecule has 104 valence electrons. The van der Waals surface area contributed by atoms with Gasteiger partial charge >= 0.3 is 0 Å². The standard InChI is InChI=1S/C17H16N4/c1-12-8-10-15(11-9-12)18-16-13(2)20-21-17(19-16)14-6-4-3-5-7-14/h3-11H,1-2H3,(H,18,19,21). The van der Waals surface area contributed by atoms with E-state index >= 15 is 0 Å². The summed E-state index contributed by atoms with van der Waals surface area (Å²) in [4.78, 5) is 4.58. The molecule has 0 amide bonds. The average molecular weight is 276 g/mol. The Bertz CT molecular complexity index is 736. The van der Waals surface area contributed by atoms with Gasteiger partial charge in [0, 0.05) is 11.3 Å². The van der Waals surface area contributed by atoms with Crippen molar-refractivity contribution in [1.82, 2.24) is 15.2 Å². The molecule has 4 nitrogen and oxygen atoms in total. The smallest absolute Gasteiger partial charge is 0.183 e. The molecule has 0 atom stereocenters. The van der Waals surface area contributed by atoms with E-state index in [1.54, 1.807) is 0 Å². The van der Waals surface area contributed by atoms with Gasteiger partial charge in [0.2, 0.25) is 0 Å². The zero-order chi connectivity index (χ0) is 14.7. The molecule has 21 heavy (non-hydrogen) atoms. The van der Waals surface area contributed by atoms with E-state index < -0.39 is 0 Å². The van der Waals surface area contributed by atoms with Crippen LogP contribution in [0, 0.1) is 13.8 Å². The molecule has 1 aromatic heterocycles. The molecule has 0 unspecified atom stereocenters. The van der Waals surface area contributed by atoms with Crippen molar-refractivity contribution in [1.29, 1.82) is 0 Å². The SMILES string of the molecule is Cc1ccc(Nc2nc(-c3ccccc3)nnc2C)cc1. The molecule has 3 aromatic rings. The van der Waals surface area contributed by atoms with Crippen LogP contribution < -0.4 is 5.32 Å². The number of nitrogens with one attached hydrogen (secondary N) is 1. The molecule has 1 heterocycles. The first-order valence-corrected chi connectivity index (χ1v) is 6.83. The lowest BCUT2D eigenvalue weighted by Crippen LogP contribution is -2.03. The molecule has 3 rings (SSSR count). The maximum Gasteiger partial charge on any atom is 0.183 e. The van der Waals surface area contributed by atoms with Gasteiger partial charge in [-0.2, -0.15) is 0 Å². The quantitative estimate of drug-likeness (QED) is 0.788. The normalized spacial score (nSPS) is 10.4. The van der Waals surface area contributed by atoms with Crippen molar-refractivity contribution >= 4 is 11.5 Å². The van der Waals surface area contributed by atoms with Gasteiger partial charge in [-0.25, -0.2) is 4.98 Å². The van der Waals surface area contributed by atoms with E-state index in [1.165, 1.54) is 5.56 Å². The second-order valence-corrected chi connectivity index (χ2v) is 4.93. The molecule has 0 aliphatic carbocycles. The van der Waals surface area contributed by atoms with Crippen molar-refractivity contribution < 1.29 is 0 Å². The first-order chi connectivity index (χ1) is 10.2. The fourth-order valence-electron chi connectivity index (χ4n) is 1.98. The fourth-order valence-corrected chi connectivity index (χ4v) is 1.98. The van der Waals surface area contributed by atoms with Crippen molar-refractivity contribution in [2.24, 2.45) is 0 Å². The first-order valence-electron chi connectivity index (χ1n) is 6.83. The van der Waals surface area contributed by atoms with Crippen molar-refractivity contribution in [3.8, 4) is 11.4 Å². The summed E-state index contributed by atoms with van der Waals surface area (Å²) >= 11 is 0. The van der Waals surface area contributed by atoms with Crippen molar-refractivity contribution in [3.05, 3.63) is 65.9 Å². The molecule has 0 saturated carbocycles. The molecule has 1 N–H and O–H groups in total. The minimum Gasteiger partial charge on any atom is -0.339 e. The summed E-state index contributed by atoms with van der Waals surface area (Å²) < 4.78 is 0. The van der Waals surface area contributed by atoms with Crippen molar-refractivity contribution in [2.45, 2.75) is 13.8 Å². The molecule has 2 aromatic carbocycles. The minimum absolute atomic E-state index is 0.621. The summed E-state index contributed by atoms with van der Waals surface area (Å²) in [5, 5.41) is 11.7. The highest BCUT2D eigenvalue weighted by Gasteiger charge is 2.07. The predicted octanol–water partition coefficient (Wildman–Crippen LogP) is 3.90. The Morgan fingerprint density at radius 1 is 0.810 bits per heavy atom. The lowest BCUT2D eigenvalue weighted by Gasteiger charge is -2.09. The number of nitrogens with zero attached hydrogens (tertiary/aromatic N) is 3. The monoisotopic (exact) mass is 276 g/mol. The lowest BCUT2D eigenvalue weighted by atomic mass is 10.2. The van der Waals surface area contributed by atoms with Crippen LogP contribution in [0.25, 0.3) is 11.4 Å². The second-order valence-electron chi connectivity index (χ2n) is 4.93. The van der Waals surface area contributed by atoms with Crippen LogP contribution in [0.1, 0.15) is 11.3 Å². The van der Waals surface area contributed by atoms with E-state index in [2.05, 4.69) is 39.6 Å². The van der Waals surface area contributed by atoms with Crippen molar-refractivity contribution in [2.75, 3.05) is 5.32 Å². The Hall–Kier alpha value is -2.75. The molecule has 0 aliphatic heterocycles. The van der Waals surface area contributed by atoms with Gasteiger partial charge < -0.3 is 5.32 Å². The average Bonchev–Trinajstić information content (AvgIpc) is 2.52. The molecular formula is C17H16N4. The molecule has 0 fully saturated rings. The zero-order valence-electron chi connectivity index (χ0n) is 12.0. The Kier molecular flexibility index (Phi) is 3.60. The Morgan fingerprint density at radius 2 is 1.52 bits per heavy atom. The van der Waals surface area contributed by atoms with Crippen LogP contribution in [0.2, 0.25) is 0 Å². The predicted molar refractivity (Wildman–Crippen MR) is 84.5 cm³/mol. The molecule has 0 radical (unpaired) electrons. The zero-order valence-corrected chi connectivity index (χ0v) is 12.0. The summed E-state index contributed by atoms with van der Waals surface area (Å²) in [6.45, 7) is 3.96. The van der Waals surface area contributed by atoms with Crippen LogP contribution in [0.4, 0.5) is 11.5 Å². The van der Waals surface area contributed by atoms with Gasteiger partial charge in [0.1, 0.15) is 5.69 Å². The van der Waals surface area contributed by atoms with Crippen LogP contribution in [0.15, 0.2) is 54.6 Å². The second kappa shape index (κ2) is 5.71. The number of anilines is 2. The number of rotatable bonds is 3. The Balaban J connectivity index is 1.93. The van der Waals surface area contributed by atoms with Gasteiger partial charge in [0.25, 0.3) is 0 Å². The summed E-state index contributed by atoms with van der Waals surface area (Å²) in [5.41, 5.74) is 3.94. The van der Waals surface area contributed by atoms with E-state index in [0.29, 0.717) is 5.82 Å². The fraction of sp³-hybridized carbons (Fsp3) is 0.118. The number of aryl methyl sites for hydroxylation is 2. The number of benzene rings is 2. The number of hydrogen-bond donors (Lipinski definition) is 1. The van der Waals surface area contributed by atoms with Gasteiger partial charge in [-0.3, -0.25) is 0 Å². The van der Waals surface area contributed by atoms with E-state index in [1.807, 2.05) is 49.4 Å². The molecule has 0 bridgehead atoms. The van der Waals surface area contributed by atoms with Gasteiger partial charge in [0.15, 0.2) is 11.6 Å². The molecule has 4 heteroatoms. The molecule has 0 aliphatic rings. The highest BCUT2D eigenvalue weighted by Crippen LogP contribution is 2.20. The van der Waals surface area contributed by atoms with E-state index in [-0.39, 0.29) is 0 Å². The summed E-state index contributed by atoms with van der Waals surface area (Å²) in [7, 11) is 0. The molecule has 0 spiro atoms. The summed E-state index contributed by atoms with van der Waals surface area (Å²) in [6.07, 6.45) is 0. The molecular weight excluding hydrogens is 260 g/mol. The largest absolute Gasteiger partial charge is 0.339 e. The minimum atomic E-state index is 0.621. The van der Waals surface area contributed by atoms with Crippen molar-refractivity contribution in [3.63, 3.8) is 0 Å². The van der Waals surface area contributed by atoms with Gasteiger partial charge in [0.05, 0.1) is 0 Å². The highest BCUT2D eigenvalue weighted by atomic mass is 15.2. The van der Waals surface area contributed by atoms with Gasteiger partial charge in [-0.15, -0.1) is 10.2 Å². The number of hydrogen-bond acceptors (Lipinski definition) is 4. The maximum absolute atomic E-state index is 4.58. The lowest BCUT2D eigenvalue weighted by molar-refractivity contribution is 0.940. The third kappa shape index (κ3) is 3.05.